The van der Waals surface area contributed by atoms with E-state index in [0.29, 0.717) is 6.04 Å². The summed E-state index contributed by atoms with van der Waals surface area (Å²) in [5.41, 5.74) is 0. The van der Waals surface area contributed by atoms with Crippen LogP contribution in [0.3, 0.4) is 0 Å². The van der Waals surface area contributed by atoms with Gasteiger partial charge in [0.05, 0.1) is 0 Å². The summed E-state index contributed by atoms with van der Waals surface area (Å²) in [6.45, 7) is 2.16. The minimum Gasteiger partial charge on any atom is -0.317 e. The molecule has 1 N–H and O–H groups in total. The molecule has 78 valence electrons. The lowest BCUT2D eigenvalue weighted by atomic mass is 10.3. The van der Waals surface area contributed by atoms with E-state index in [2.05, 4.69) is 12.2 Å². The largest absolute Gasteiger partial charge is 0.317 e. The molecule has 0 saturated heterocycles. The van der Waals surface area contributed by atoms with Crippen molar-refractivity contribution in [3.63, 3.8) is 0 Å². The third-order valence-corrected chi connectivity index (χ3v) is 3.17. The van der Waals surface area contributed by atoms with Gasteiger partial charge < -0.3 is 5.32 Å². The first kappa shape index (κ1) is 11.5. The number of benzene rings is 1. The molecule has 0 aromatic heterocycles. The van der Waals surface area contributed by atoms with E-state index in [-0.39, 0.29) is 5.82 Å². The van der Waals surface area contributed by atoms with E-state index >= 15 is 0 Å². The Morgan fingerprint density at radius 3 is 2.57 bits per heavy atom. The molecule has 0 radical (unpaired) electrons. The topological polar surface area (TPSA) is 12.0 Å². The molecule has 3 heteroatoms. The molecule has 0 amide bonds. The van der Waals surface area contributed by atoms with Crippen LogP contribution in [0, 0.1) is 5.82 Å². The normalized spacial score (nSPS) is 12.8. The van der Waals surface area contributed by atoms with Gasteiger partial charge in [0.15, 0.2) is 0 Å². The summed E-state index contributed by atoms with van der Waals surface area (Å²) in [6, 6.07) is 7.20. The zero-order valence-corrected chi connectivity index (χ0v) is 9.40. The third-order valence-electron chi connectivity index (χ3n) is 2.13. The number of halogens is 1. The minimum atomic E-state index is -0.169. The predicted molar refractivity (Wildman–Crippen MR) is 60.3 cm³/mol. The average Bonchev–Trinajstić information content (AvgIpc) is 2.21. The number of rotatable bonds is 5. The van der Waals surface area contributed by atoms with Gasteiger partial charge >= 0.3 is 0 Å². The van der Waals surface area contributed by atoms with E-state index in [1.165, 1.54) is 12.1 Å². The van der Waals surface area contributed by atoms with Gasteiger partial charge in [-0.2, -0.15) is 0 Å². The highest BCUT2D eigenvalue weighted by Gasteiger charge is 1.99. The van der Waals surface area contributed by atoms with Crippen LogP contribution in [0.1, 0.15) is 13.3 Å². The van der Waals surface area contributed by atoms with Crippen LogP contribution >= 0.6 is 11.8 Å². The zero-order chi connectivity index (χ0) is 10.4. The summed E-state index contributed by atoms with van der Waals surface area (Å²) < 4.78 is 12.6. The smallest absolute Gasteiger partial charge is 0.123 e. The van der Waals surface area contributed by atoms with Crippen LogP contribution in [-0.2, 0) is 0 Å². The van der Waals surface area contributed by atoms with Crippen LogP contribution in [-0.4, -0.2) is 18.8 Å². The van der Waals surface area contributed by atoms with E-state index in [0.717, 1.165) is 17.1 Å². The number of thioether (sulfide) groups is 1. The minimum absolute atomic E-state index is 0.169. The average molecular weight is 213 g/mol. The molecular weight excluding hydrogens is 197 g/mol. The van der Waals surface area contributed by atoms with E-state index in [4.69, 9.17) is 0 Å². The maximum Gasteiger partial charge on any atom is 0.123 e. The number of hydrogen-bond acceptors (Lipinski definition) is 2. The molecule has 0 fully saturated rings. The molecule has 1 aromatic carbocycles. The third kappa shape index (κ3) is 4.11. The van der Waals surface area contributed by atoms with Gasteiger partial charge in [0.2, 0.25) is 0 Å². The van der Waals surface area contributed by atoms with Crippen LogP contribution in [0.15, 0.2) is 29.2 Å². The van der Waals surface area contributed by atoms with Crippen molar-refractivity contribution < 1.29 is 4.39 Å². The van der Waals surface area contributed by atoms with Crippen molar-refractivity contribution in [2.24, 2.45) is 0 Å². The summed E-state index contributed by atoms with van der Waals surface area (Å²) in [7, 11) is 1.97. The molecule has 1 atom stereocenters. The molecule has 0 aliphatic rings. The molecule has 1 unspecified atom stereocenters. The molecule has 0 bridgehead atoms. The molecule has 0 aliphatic heterocycles. The SMILES string of the molecule is CNC(C)CCSc1ccc(F)cc1. The maximum absolute atomic E-state index is 12.6. The standard InChI is InChI=1S/C11H16FNS/c1-9(13-2)7-8-14-11-5-3-10(12)4-6-11/h3-6,9,13H,7-8H2,1-2H3. The first-order valence-electron chi connectivity index (χ1n) is 4.78. The van der Waals surface area contributed by atoms with Crippen LogP contribution in [0.5, 0.6) is 0 Å². The Hall–Kier alpha value is -0.540. The lowest BCUT2D eigenvalue weighted by Crippen LogP contribution is -2.21. The maximum atomic E-state index is 12.6. The molecular formula is C11H16FNS. The number of nitrogens with one attached hydrogen (secondary N) is 1. The van der Waals surface area contributed by atoms with Crippen molar-refractivity contribution in [1.29, 1.82) is 0 Å². The molecule has 0 heterocycles. The molecule has 0 saturated carbocycles. The van der Waals surface area contributed by atoms with E-state index in [9.17, 15) is 4.39 Å². The van der Waals surface area contributed by atoms with Crippen molar-refractivity contribution in [1.82, 2.24) is 5.32 Å². The van der Waals surface area contributed by atoms with Crippen molar-refractivity contribution in [3.05, 3.63) is 30.1 Å². The summed E-state index contributed by atoms with van der Waals surface area (Å²) in [5.74, 6) is 0.895. The Balaban J connectivity index is 2.28. The Morgan fingerprint density at radius 2 is 2.00 bits per heavy atom. The monoisotopic (exact) mass is 213 g/mol. The van der Waals surface area contributed by atoms with Crippen molar-refractivity contribution in [2.75, 3.05) is 12.8 Å². The predicted octanol–water partition coefficient (Wildman–Crippen LogP) is 2.92. The van der Waals surface area contributed by atoms with Gasteiger partial charge in [-0.3, -0.25) is 0 Å². The first-order chi connectivity index (χ1) is 6.72. The fraction of sp³-hybridized carbons (Fsp3) is 0.455. The van der Waals surface area contributed by atoms with Crippen LogP contribution in [0.2, 0.25) is 0 Å². The fourth-order valence-electron chi connectivity index (χ4n) is 1.03. The summed E-state index contributed by atoms with van der Waals surface area (Å²) in [5, 5.41) is 3.19. The van der Waals surface area contributed by atoms with Crippen molar-refractivity contribution >= 4 is 11.8 Å². The summed E-state index contributed by atoms with van der Waals surface area (Å²) in [4.78, 5) is 1.13. The Labute approximate surface area is 89.1 Å². The van der Waals surface area contributed by atoms with Gasteiger partial charge in [0.1, 0.15) is 5.82 Å². The van der Waals surface area contributed by atoms with Gasteiger partial charge in [-0.05, 0) is 50.4 Å². The van der Waals surface area contributed by atoms with E-state index < -0.39 is 0 Å². The van der Waals surface area contributed by atoms with Gasteiger partial charge in [-0.25, -0.2) is 4.39 Å². The second kappa shape index (κ2) is 6.04. The molecule has 1 nitrogen and oxygen atoms in total. The van der Waals surface area contributed by atoms with Gasteiger partial charge in [-0.1, -0.05) is 0 Å². The summed E-state index contributed by atoms with van der Waals surface area (Å²) >= 11 is 1.77. The van der Waals surface area contributed by atoms with Gasteiger partial charge in [0, 0.05) is 10.9 Å². The molecule has 1 rings (SSSR count). The number of hydrogen-bond donors (Lipinski definition) is 1. The second-order valence-electron chi connectivity index (χ2n) is 3.28. The molecule has 0 aliphatic carbocycles. The summed E-state index contributed by atoms with van der Waals surface area (Å²) in [6.07, 6.45) is 1.12. The molecule has 0 spiro atoms. The van der Waals surface area contributed by atoms with Gasteiger partial charge in [0.25, 0.3) is 0 Å². The fourth-order valence-corrected chi connectivity index (χ4v) is 2.06. The van der Waals surface area contributed by atoms with E-state index in [1.54, 1.807) is 11.8 Å². The molecule has 14 heavy (non-hydrogen) atoms. The van der Waals surface area contributed by atoms with Crippen molar-refractivity contribution in [3.8, 4) is 0 Å². The Bertz CT molecular complexity index is 260. The Kier molecular flexibility index (Phi) is 4.98. The highest BCUT2D eigenvalue weighted by atomic mass is 32.2. The van der Waals surface area contributed by atoms with Crippen LogP contribution < -0.4 is 5.32 Å². The highest BCUT2D eigenvalue weighted by molar-refractivity contribution is 7.99. The first-order valence-corrected chi connectivity index (χ1v) is 5.76. The zero-order valence-electron chi connectivity index (χ0n) is 8.59. The van der Waals surface area contributed by atoms with Crippen LogP contribution in [0.4, 0.5) is 4.39 Å². The lowest BCUT2D eigenvalue weighted by Gasteiger charge is -2.08. The van der Waals surface area contributed by atoms with Gasteiger partial charge in [-0.15, -0.1) is 11.8 Å². The van der Waals surface area contributed by atoms with Crippen LogP contribution in [0.25, 0.3) is 0 Å². The highest BCUT2D eigenvalue weighted by Crippen LogP contribution is 2.19. The second-order valence-corrected chi connectivity index (χ2v) is 4.45. The molecule has 1 aromatic rings. The quantitative estimate of drug-likeness (QED) is 0.755. The van der Waals surface area contributed by atoms with E-state index in [1.807, 2.05) is 19.2 Å². The Morgan fingerprint density at radius 1 is 1.36 bits per heavy atom. The van der Waals surface area contributed by atoms with Crippen molar-refractivity contribution in [2.45, 2.75) is 24.3 Å². The lowest BCUT2D eigenvalue weighted by molar-refractivity contribution is 0.597.